The Balaban J connectivity index is 0.00000320. The van der Waals surface area contributed by atoms with E-state index < -0.39 is 11.9 Å². The molecule has 0 aliphatic carbocycles. The lowest BCUT2D eigenvalue weighted by Crippen LogP contribution is -2.48. The highest BCUT2D eigenvalue weighted by Crippen LogP contribution is 2.30. The first-order valence-corrected chi connectivity index (χ1v) is 10.3. The van der Waals surface area contributed by atoms with E-state index in [1.54, 1.807) is 6.07 Å². The second kappa shape index (κ2) is 11.1. The van der Waals surface area contributed by atoms with Gasteiger partial charge in [0, 0.05) is 36.7 Å². The van der Waals surface area contributed by atoms with Crippen molar-refractivity contribution in [2.75, 3.05) is 24.5 Å². The van der Waals surface area contributed by atoms with Crippen molar-refractivity contribution in [3.63, 3.8) is 0 Å². The molecule has 1 aliphatic heterocycles. The molecule has 2 aromatic rings. The summed E-state index contributed by atoms with van der Waals surface area (Å²) in [4.78, 5) is 10.1. The summed E-state index contributed by atoms with van der Waals surface area (Å²) < 4.78 is 51.4. The minimum Gasteiger partial charge on any atom is -0.371 e. The number of hydrogen-bond donors (Lipinski definition) is 2. The molecule has 3 rings (SSSR count). The molecule has 1 aromatic carbocycles. The lowest BCUT2D eigenvalue weighted by Gasteiger charge is -2.34. The van der Waals surface area contributed by atoms with Crippen molar-refractivity contribution in [2.24, 2.45) is 4.99 Å². The van der Waals surface area contributed by atoms with Crippen LogP contribution in [-0.2, 0) is 12.7 Å². The molecule has 2 N–H and O–H groups in total. The monoisotopic (exact) mass is 557 g/mol. The Morgan fingerprint density at radius 3 is 2.63 bits per heavy atom. The lowest BCUT2D eigenvalue weighted by molar-refractivity contribution is -0.140. The molecule has 1 saturated heterocycles. The zero-order valence-electron chi connectivity index (χ0n) is 16.4. The van der Waals surface area contributed by atoms with Gasteiger partial charge in [-0.2, -0.15) is 13.2 Å². The van der Waals surface area contributed by atoms with Crippen LogP contribution < -0.4 is 15.5 Å². The number of piperidine rings is 1. The third kappa shape index (κ3) is 6.96. The number of nitrogens with zero attached hydrogens (tertiary/aromatic N) is 3. The van der Waals surface area contributed by atoms with Crippen molar-refractivity contribution in [3.05, 3.63) is 46.2 Å². The maximum absolute atomic E-state index is 13.4. The molecule has 0 saturated carbocycles. The number of guanidine groups is 1. The summed E-state index contributed by atoms with van der Waals surface area (Å²) in [7, 11) is 0. The van der Waals surface area contributed by atoms with Crippen LogP contribution in [0, 0.1) is 5.82 Å². The molecule has 2 heterocycles. The van der Waals surface area contributed by atoms with Crippen LogP contribution in [0.25, 0.3) is 0 Å². The van der Waals surface area contributed by atoms with Gasteiger partial charge in [-0.3, -0.25) is 0 Å². The first kappa shape index (κ1) is 24.6. The molecule has 0 radical (unpaired) electrons. The average molecular weight is 557 g/mol. The first-order chi connectivity index (χ1) is 13.8. The fourth-order valence-corrected chi connectivity index (χ4v) is 3.85. The number of aliphatic imine (C=N–C) groups is 1. The molecule has 1 aliphatic rings. The molecule has 1 aromatic heterocycles. The largest absolute Gasteiger partial charge is 0.434 e. The number of alkyl halides is 3. The summed E-state index contributed by atoms with van der Waals surface area (Å²) in [6.07, 6.45) is -2.75. The molecule has 11 heteroatoms. The van der Waals surface area contributed by atoms with Gasteiger partial charge in [-0.15, -0.1) is 35.3 Å². The van der Waals surface area contributed by atoms with Crippen LogP contribution in [-0.4, -0.2) is 36.6 Å². The highest BCUT2D eigenvalue weighted by atomic mass is 127. The van der Waals surface area contributed by atoms with E-state index in [1.807, 2.05) is 13.0 Å². The second-order valence-electron chi connectivity index (χ2n) is 6.70. The van der Waals surface area contributed by atoms with Crippen LogP contribution in [0.1, 0.15) is 30.5 Å². The molecule has 0 atom stereocenters. The van der Waals surface area contributed by atoms with E-state index in [-0.39, 0.29) is 42.4 Å². The Labute approximate surface area is 194 Å². The van der Waals surface area contributed by atoms with Gasteiger partial charge in [0.1, 0.15) is 10.8 Å². The van der Waals surface area contributed by atoms with E-state index in [1.165, 1.54) is 12.1 Å². The summed E-state index contributed by atoms with van der Waals surface area (Å²) in [6.45, 7) is 4.21. The Hall–Kier alpha value is -1.63. The molecule has 0 amide bonds. The highest BCUT2D eigenvalue weighted by molar-refractivity contribution is 14.0. The van der Waals surface area contributed by atoms with Crippen molar-refractivity contribution in [3.8, 4) is 0 Å². The fraction of sp³-hybridized carbons (Fsp3) is 0.474. The van der Waals surface area contributed by atoms with Crippen molar-refractivity contribution >= 4 is 47.0 Å². The fourth-order valence-electron chi connectivity index (χ4n) is 3.13. The Morgan fingerprint density at radius 2 is 2.03 bits per heavy atom. The summed E-state index contributed by atoms with van der Waals surface area (Å²) >= 11 is 0.951. The predicted octanol–water partition coefficient (Wildman–Crippen LogP) is 4.64. The Bertz CT molecular complexity index is 834. The van der Waals surface area contributed by atoms with Gasteiger partial charge in [0.15, 0.2) is 11.7 Å². The van der Waals surface area contributed by atoms with E-state index in [0.29, 0.717) is 17.5 Å². The SMILES string of the molecule is CCNC(=NCc1nc(C(F)(F)F)cs1)NC1CCN(c2cccc(F)c2)CC1.I. The molecule has 0 unspecified atom stereocenters. The van der Waals surface area contributed by atoms with Crippen molar-refractivity contribution in [1.82, 2.24) is 15.6 Å². The number of rotatable bonds is 5. The number of aromatic nitrogens is 1. The number of nitrogens with one attached hydrogen (secondary N) is 2. The average Bonchev–Trinajstić information content (AvgIpc) is 3.16. The Kier molecular flexibility index (Phi) is 9.13. The molecule has 0 spiro atoms. The molecule has 5 nitrogen and oxygen atoms in total. The van der Waals surface area contributed by atoms with Crippen LogP contribution in [0.4, 0.5) is 23.2 Å². The van der Waals surface area contributed by atoms with Crippen molar-refractivity contribution in [1.29, 1.82) is 0 Å². The summed E-state index contributed by atoms with van der Waals surface area (Å²) in [5.74, 6) is 0.306. The van der Waals surface area contributed by atoms with Crippen LogP contribution in [0.15, 0.2) is 34.6 Å². The van der Waals surface area contributed by atoms with Gasteiger partial charge in [-0.05, 0) is 38.0 Å². The zero-order valence-corrected chi connectivity index (χ0v) is 19.5. The molecule has 30 heavy (non-hydrogen) atoms. The van der Waals surface area contributed by atoms with Crippen LogP contribution >= 0.6 is 35.3 Å². The van der Waals surface area contributed by atoms with Crippen LogP contribution in [0.2, 0.25) is 0 Å². The summed E-state index contributed by atoms with van der Waals surface area (Å²) in [6, 6.07) is 6.73. The van der Waals surface area contributed by atoms with Gasteiger partial charge < -0.3 is 15.5 Å². The van der Waals surface area contributed by atoms with Crippen LogP contribution in [0.3, 0.4) is 0 Å². The van der Waals surface area contributed by atoms with Gasteiger partial charge in [0.25, 0.3) is 0 Å². The smallest absolute Gasteiger partial charge is 0.371 e. The molecular weight excluding hydrogens is 533 g/mol. The topological polar surface area (TPSA) is 52.6 Å². The number of hydrogen-bond acceptors (Lipinski definition) is 4. The number of thiazole rings is 1. The van der Waals surface area contributed by atoms with E-state index in [4.69, 9.17) is 0 Å². The molecular formula is C19H24F4IN5S. The number of halogens is 5. The van der Waals surface area contributed by atoms with Gasteiger partial charge in [0.05, 0.1) is 6.54 Å². The van der Waals surface area contributed by atoms with E-state index >= 15 is 0 Å². The van der Waals surface area contributed by atoms with Gasteiger partial charge in [-0.1, -0.05) is 6.07 Å². The van der Waals surface area contributed by atoms with Gasteiger partial charge in [-0.25, -0.2) is 14.4 Å². The maximum atomic E-state index is 13.4. The van der Waals surface area contributed by atoms with Gasteiger partial charge >= 0.3 is 6.18 Å². The number of benzene rings is 1. The van der Waals surface area contributed by atoms with E-state index in [0.717, 1.165) is 48.3 Å². The van der Waals surface area contributed by atoms with Crippen molar-refractivity contribution in [2.45, 2.75) is 38.5 Å². The first-order valence-electron chi connectivity index (χ1n) is 9.42. The zero-order chi connectivity index (χ0) is 20.9. The normalized spacial score (nSPS) is 15.6. The summed E-state index contributed by atoms with van der Waals surface area (Å²) in [5.41, 5.74) is -0.0105. The minimum atomic E-state index is -4.43. The minimum absolute atomic E-state index is 0. The number of anilines is 1. The van der Waals surface area contributed by atoms with E-state index in [9.17, 15) is 17.6 Å². The molecule has 166 valence electrons. The maximum Gasteiger partial charge on any atom is 0.434 e. The third-order valence-electron chi connectivity index (χ3n) is 4.57. The predicted molar refractivity (Wildman–Crippen MR) is 122 cm³/mol. The second-order valence-corrected chi connectivity index (χ2v) is 7.65. The lowest BCUT2D eigenvalue weighted by atomic mass is 10.0. The highest BCUT2D eigenvalue weighted by Gasteiger charge is 2.33. The van der Waals surface area contributed by atoms with Gasteiger partial charge in [0.2, 0.25) is 0 Å². The molecule has 1 fully saturated rings. The Morgan fingerprint density at radius 1 is 1.30 bits per heavy atom. The van der Waals surface area contributed by atoms with E-state index in [2.05, 4.69) is 25.5 Å². The van der Waals surface area contributed by atoms with Crippen LogP contribution in [0.5, 0.6) is 0 Å². The third-order valence-corrected chi connectivity index (χ3v) is 5.40. The quantitative estimate of drug-likeness (QED) is 0.244. The van der Waals surface area contributed by atoms with Crippen molar-refractivity contribution < 1.29 is 17.6 Å². The standard InChI is InChI=1S/C19H23F4N5S.HI/c1-2-24-18(25-11-17-27-16(12-29-17)19(21,22)23)26-14-6-8-28(9-7-14)15-5-3-4-13(20)10-15;/h3-5,10,12,14H,2,6-9,11H2,1H3,(H2,24,25,26);1H. The summed E-state index contributed by atoms with van der Waals surface area (Å²) in [5, 5.41) is 7.78. The molecule has 0 bridgehead atoms.